The van der Waals surface area contributed by atoms with Crippen molar-refractivity contribution in [2.24, 2.45) is 5.73 Å². The Morgan fingerprint density at radius 3 is 2.27 bits per heavy atom. The maximum absolute atomic E-state index is 11.6. The van der Waals surface area contributed by atoms with Crippen molar-refractivity contribution in [3.05, 3.63) is 0 Å². The summed E-state index contributed by atoms with van der Waals surface area (Å²) in [7, 11) is 0. The van der Waals surface area contributed by atoms with E-state index in [0.29, 0.717) is 13.0 Å². The first kappa shape index (κ1) is 14.4. The van der Waals surface area contributed by atoms with Gasteiger partial charge in [0.15, 0.2) is 0 Å². The molecule has 1 unspecified atom stereocenters. The van der Waals surface area contributed by atoms with Gasteiger partial charge in [-0.25, -0.2) is 0 Å². The van der Waals surface area contributed by atoms with Crippen molar-refractivity contribution in [1.82, 2.24) is 10.2 Å². The maximum Gasteiger partial charge on any atom is 0.239 e. The fourth-order valence-electron chi connectivity index (χ4n) is 1.23. The Labute approximate surface area is 93.2 Å². The summed E-state index contributed by atoms with van der Waals surface area (Å²) in [4.78, 5) is 13.9. The lowest BCUT2D eigenvalue weighted by Crippen LogP contribution is -2.52. The zero-order valence-corrected chi connectivity index (χ0v) is 10.5. The van der Waals surface area contributed by atoms with E-state index in [0.717, 1.165) is 19.6 Å². The van der Waals surface area contributed by atoms with Crippen LogP contribution in [-0.4, -0.2) is 42.5 Å². The van der Waals surface area contributed by atoms with Gasteiger partial charge in [0.2, 0.25) is 5.91 Å². The Morgan fingerprint density at radius 1 is 1.33 bits per heavy atom. The maximum atomic E-state index is 11.6. The minimum atomic E-state index is -0.733. The van der Waals surface area contributed by atoms with Crippen molar-refractivity contribution in [2.45, 2.75) is 39.7 Å². The first-order valence-corrected chi connectivity index (χ1v) is 5.77. The second kappa shape index (κ2) is 6.80. The van der Waals surface area contributed by atoms with Gasteiger partial charge in [-0.1, -0.05) is 20.8 Å². The summed E-state index contributed by atoms with van der Waals surface area (Å²) in [6, 6.07) is 0. The zero-order valence-electron chi connectivity index (χ0n) is 10.5. The topological polar surface area (TPSA) is 58.4 Å². The summed E-state index contributed by atoms with van der Waals surface area (Å²) in [6.07, 6.45) is 0.657. The minimum absolute atomic E-state index is 0.0582. The van der Waals surface area contributed by atoms with E-state index in [2.05, 4.69) is 24.1 Å². The fraction of sp³-hybridized carbons (Fsp3) is 0.909. The SMILES string of the molecule is CCN(CC)CCNC(=O)C(C)(N)CC. The van der Waals surface area contributed by atoms with Crippen LogP contribution in [0.25, 0.3) is 0 Å². The molecular formula is C11H25N3O. The van der Waals surface area contributed by atoms with E-state index in [1.807, 2.05) is 6.92 Å². The Hall–Kier alpha value is -0.610. The summed E-state index contributed by atoms with van der Waals surface area (Å²) in [6.45, 7) is 11.5. The molecule has 1 amide bonds. The monoisotopic (exact) mass is 215 g/mol. The number of nitrogens with two attached hydrogens (primary N) is 1. The predicted molar refractivity (Wildman–Crippen MR) is 63.7 cm³/mol. The number of carbonyl (C=O) groups excluding carboxylic acids is 1. The third-order valence-corrected chi connectivity index (χ3v) is 2.86. The fourth-order valence-corrected chi connectivity index (χ4v) is 1.23. The van der Waals surface area contributed by atoms with Gasteiger partial charge in [0.25, 0.3) is 0 Å². The van der Waals surface area contributed by atoms with Gasteiger partial charge in [-0.05, 0) is 26.4 Å². The van der Waals surface area contributed by atoms with Crippen molar-refractivity contribution in [1.29, 1.82) is 0 Å². The molecule has 90 valence electrons. The average Bonchev–Trinajstić information content (AvgIpc) is 2.24. The lowest BCUT2D eigenvalue weighted by atomic mass is 10.00. The highest BCUT2D eigenvalue weighted by molar-refractivity contribution is 5.85. The lowest BCUT2D eigenvalue weighted by Gasteiger charge is -2.23. The molecular weight excluding hydrogens is 190 g/mol. The second-order valence-corrected chi connectivity index (χ2v) is 4.05. The highest BCUT2D eigenvalue weighted by Crippen LogP contribution is 2.03. The summed E-state index contributed by atoms with van der Waals surface area (Å²) in [5.74, 6) is -0.0582. The van der Waals surface area contributed by atoms with E-state index in [1.54, 1.807) is 6.92 Å². The van der Waals surface area contributed by atoms with E-state index in [4.69, 9.17) is 5.73 Å². The third-order valence-electron chi connectivity index (χ3n) is 2.86. The average molecular weight is 215 g/mol. The predicted octanol–water partition coefficient (Wildman–Crippen LogP) is 0.572. The van der Waals surface area contributed by atoms with Gasteiger partial charge in [-0.3, -0.25) is 4.79 Å². The molecule has 0 aliphatic rings. The molecule has 0 saturated heterocycles. The van der Waals surface area contributed by atoms with Crippen LogP contribution in [0.4, 0.5) is 0 Å². The van der Waals surface area contributed by atoms with Gasteiger partial charge in [-0.2, -0.15) is 0 Å². The molecule has 4 nitrogen and oxygen atoms in total. The van der Waals surface area contributed by atoms with Gasteiger partial charge in [0, 0.05) is 13.1 Å². The van der Waals surface area contributed by atoms with Gasteiger partial charge >= 0.3 is 0 Å². The number of amides is 1. The number of hydrogen-bond donors (Lipinski definition) is 2. The van der Waals surface area contributed by atoms with Crippen LogP contribution in [-0.2, 0) is 4.79 Å². The largest absolute Gasteiger partial charge is 0.353 e. The zero-order chi connectivity index (χ0) is 11.9. The molecule has 1 atom stereocenters. The molecule has 0 aromatic carbocycles. The van der Waals surface area contributed by atoms with Crippen molar-refractivity contribution in [3.8, 4) is 0 Å². The van der Waals surface area contributed by atoms with Gasteiger partial charge < -0.3 is 16.0 Å². The number of likely N-dealkylation sites (N-methyl/N-ethyl adjacent to an activating group) is 1. The Balaban J connectivity index is 3.82. The van der Waals surface area contributed by atoms with E-state index in [9.17, 15) is 4.79 Å². The standard InChI is InChI=1S/C11H25N3O/c1-5-11(4,12)10(15)13-8-9-14(6-2)7-3/h5-9,12H2,1-4H3,(H,13,15). The first-order chi connectivity index (χ1) is 6.97. The summed E-state index contributed by atoms with van der Waals surface area (Å²) in [5, 5.41) is 2.87. The van der Waals surface area contributed by atoms with Gasteiger partial charge in [-0.15, -0.1) is 0 Å². The van der Waals surface area contributed by atoms with Crippen LogP contribution in [0.2, 0.25) is 0 Å². The Kier molecular flexibility index (Phi) is 6.52. The first-order valence-electron chi connectivity index (χ1n) is 5.77. The molecule has 0 aliphatic heterocycles. The Morgan fingerprint density at radius 2 is 1.87 bits per heavy atom. The van der Waals surface area contributed by atoms with Crippen LogP contribution in [0.1, 0.15) is 34.1 Å². The van der Waals surface area contributed by atoms with E-state index >= 15 is 0 Å². The molecule has 0 bridgehead atoms. The smallest absolute Gasteiger partial charge is 0.239 e. The van der Waals surface area contributed by atoms with Crippen molar-refractivity contribution >= 4 is 5.91 Å². The van der Waals surface area contributed by atoms with Crippen LogP contribution < -0.4 is 11.1 Å². The molecule has 4 heteroatoms. The molecule has 0 aromatic heterocycles. The molecule has 0 radical (unpaired) electrons. The number of nitrogens with zero attached hydrogens (tertiary/aromatic N) is 1. The molecule has 15 heavy (non-hydrogen) atoms. The molecule has 3 N–H and O–H groups in total. The van der Waals surface area contributed by atoms with Crippen molar-refractivity contribution in [3.63, 3.8) is 0 Å². The van der Waals surface area contributed by atoms with Gasteiger partial charge in [0.05, 0.1) is 5.54 Å². The quantitative estimate of drug-likeness (QED) is 0.653. The second-order valence-electron chi connectivity index (χ2n) is 4.05. The summed E-state index contributed by atoms with van der Waals surface area (Å²) >= 11 is 0. The van der Waals surface area contributed by atoms with Crippen LogP contribution in [0.3, 0.4) is 0 Å². The number of carbonyl (C=O) groups is 1. The van der Waals surface area contributed by atoms with Crippen molar-refractivity contribution in [2.75, 3.05) is 26.2 Å². The highest BCUT2D eigenvalue weighted by Gasteiger charge is 2.25. The van der Waals surface area contributed by atoms with Crippen LogP contribution in [0.5, 0.6) is 0 Å². The van der Waals surface area contributed by atoms with E-state index < -0.39 is 5.54 Å². The molecule has 0 rings (SSSR count). The number of nitrogens with one attached hydrogen (secondary N) is 1. The molecule has 0 aliphatic carbocycles. The third kappa shape index (κ3) is 5.14. The lowest BCUT2D eigenvalue weighted by molar-refractivity contribution is -0.125. The normalized spacial score (nSPS) is 15.1. The molecule has 0 heterocycles. The molecule has 0 saturated carbocycles. The molecule has 0 spiro atoms. The molecule has 0 fully saturated rings. The van der Waals surface area contributed by atoms with Crippen LogP contribution >= 0.6 is 0 Å². The Bertz CT molecular complexity index is 188. The molecule has 0 aromatic rings. The van der Waals surface area contributed by atoms with E-state index in [1.165, 1.54) is 0 Å². The van der Waals surface area contributed by atoms with Crippen LogP contribution in [0, 0.1) is 0 Å². The van der Waals surface area contributed by atoms with Crippen LogP contribution in [0.15, 0.2) is 0 Å². The summed E-state index contributed by atoms with van der Waals surface area (Å²) < 4.78 is 0. The van der Waals surface area contributed by atoms with Gasteiger partial charge in [0.1, 0.15) is 0 Å². The number of rotatable bonds is 7. The number of hydrogen-bond acceptors (Lipinski definition) is 3. The minimum Gasteiger partial charge on any atom is -0.353 e. The summed E-state index contributed by atoms with van der Waals surface area (Å²) in [5.41, 5.74) is 5.08. The highest BCUT2D eigenvalue weighted by atomic mass is 16.2. The van der Waals surface area contributed by atoms with Crippen molar-refractivity contribution < 1.29 is 4.79 Å². The van der Waals surface area contributed by atoms with E-state index in [-0.39, 0.29) is 5.91 Å².